The van der Waals surface area contributed by atoms with Crippen LogP contribution in [0.3, 0.4) is 0 Å². The Labute approximate surface area is 157 Å². The number of hydrogen-bond acceptors (Lipinski definition) is 5. The number of sulfonamides is 1. The van der Waals surface area contributed by atoms with Gasteiger partial charge in [0.2, 0.25) is 10.0 Å². The Kier molecular flexibility index (Phi) is 4.86. The van der Waals surface area contributed by atoms with E-state index in [-0.39, 0.29) is 4.90 Å². The zero-order valence-electron chi connectivity index (χ0n) is 14.6. The summed E-state index contributed by atoms with van der Waals surface area (Å²) in [7, 11) is -3.58. The summed E-state index contributed by atoms with van der Waals surface area (Å²) in [6.45, 7) is 2.83. The molecule has 1 saturated heterocycles. The van der Waals surface area contributed by atoms with Crippen molar-refractivity contribution in [2.75, 3.05) is 26.2 Å². The molecule has 0 N–H and O–H groups in total. The van der Waals surface area contributed by atoms with E-state index in [1.807, 2.05) is 18.2 Å². The number of hydrogen-bond donors (Lipinski definition) is 0. The van der Waals surface area contributed by atoms with Crippen LogP contribution in [0.15, 0.2) is 59.8 Å². The van der Waals surface area contributed by atoms with Crippen LogP contribution in [0.1, 0.15) is 5.56 Å². The molecule has 0 aliphatic carbocycles. The van der Waals surface area contributed by atoms with E-state index in [1.165, 1.54) is 28.6 Å². The summed E-state index contributed by atoms with van der Waals surface area (Å²) in [5.74, 6) is -0.446. The van der Waals surface area contributed by atoms with Crippen LogP contribution in [0.5, 0.6) is 0 Å². The summed E-state index contributed by atoms with van der Waals surface area (Å²) < 4.78 is 39.9. The van der Waals surface area contributed by atoms with Crippen LogP contribution in [0.4, 0.5) is 4.39 Å². The lowest BCUT2D eigenvalue weighted by Gasteiger charge is -2.34. The SMILES string of the molecule is O=S(=O)(c1ccc(F)cc1)N1CCN(Cc2ccc3nccnc3c2)CC1. The fourth-order valence-electron chi connectivity index (χ4n) is 3.25. The van der Waals surface area contributed by atoms with Crippen molar-refractivity contribution in [3.8, 4) is 0 Å². The third-order valence-electron chi connectivity index (χ3n) is 4.72. The highest BCUT2D eigenvalue weighted by Gasteiger charge is 2.28. The smallest absolute Gasteiger partial charge is 0.243 e. The molecule has 1 aliphatic rings. The Morgan fingerprint density at radius 3 is 2.26 bits per heavy atom. The Hall–Kier alpha value is -2.42. The van der Waals surface area contributed by atoms with E-state index < -0.39 is 15.8 Å². The molecule has 2 aromatic carbocycles. The molecule has 3 aromatic rings. The standard InChI is InChI=1S/C19H19FN4O2S/c20-16-2-4-17(5-3-16)27(25,26)24-11-9-23(10-12-24)14-15-1-6-18-19(13-15)22-8-7-21-18/h1-8,13H,9-12,14H2. The van der Waals surface area contributed by atoms with E-state index >= 15 is 0 Å². The predicted molar refractivity (Wildman–Crippen MR) is 100.0 cm³/mol. The minimum Gasteiger partial charge on any atom is -0.296 e. The van der Waals surface area contributed by atoms with Crippen molar-refractivity contribution >= 4 is 21.1 Å². The topological polar surface area (TPSA) is 66.4 Å². The number of fused-ring (bicyclic) bond motifs is 1. The zero-order valence-corrected chi connectivity index (χ0v) is 15.4. The van der Waals surface area contributed by atoms with Gasteiger partial charge in [0.05, 0.1) is 15.9 Å². The first-order chi connectivity index (χ1) is 13.0. The average molecular weight is 386 g/mol. The third-order valence-corrected chi connectivity index (χ3v) is 6.64. The van der Waals surface area contributed by atoms with Gasteiger partial charge in [0.15, 0.2) is 0 Å². The predicted octanol–water partition coefficient (Wildman–Crippen LogP) is 2.28. The molecule has 0 atom stereocenters. The lowest BCUT2D eigenvalue weighted by molar-refractivity contribution is 0.181. The van der Waals surface area contributed by atoms with Gasteiger partial charge in [-0.15, -0.1) is 0 Å². The van der Waals surface area contributed by atoms with Crippen molar-refractivity contribution in [2.24, 2.45) is 0 Å². The molecule has 0 saturated carbocycles. The van der Waals surface area contributed by atoms with Gasteiger partial charge in [0, 0.05) is 45.1 Å². The van der Waals surface area contributed by atoms with Crippen molar-refractivity contribution in [1.82, 2.24) is 19.2 Å². The molecule has 1 fully saturated rings. The molecule has 0 radical (unpaired) electrons. The number of aromatic nitrogens is 2. The highest BCUT2D eigenvalue weighted by Crippen LogP contribution is 2.19. The van der Waals surface area contributed by atoms with Gasteiger partial charge < -0.3 is 0 Å². The first-order valence-electron chi connectivity index (χ1n) is 8.70. The fraction of sp³-hybridized carbons (Fsp3) is 0.263. The molecule has 1 aromatic heterocycles. The van der Waals surface area contributed by atoms with Crippen molar-refractivity contribution < 1.29 is 12.8 Å². The summed E-state index contributed by atoms with van der Waals surface area (Å²) in [5.41, 5.74) is 2.84. The molecule has 0 amide bonds. The van der Waals surface area contributed by atoms with Gasteiger partial charge in [0.25, 0.3) is 0 Å². The summed E-state index contributed by atoms with van der Waals surface area (Å²) >= 11 is 0. The molecule has 140 valence electrons. The normalized spacial score (nSPS) is 16.6. The van der Waals surface area contributed by atoms with Crippen LogP contribution < -0.4 is 0 Å². The third kappa shape index (κ3) is 3.83. The Balaban J connectivity index is 1.41. The van der Waals surface area contributed by atoms with Crippen LogP contribution in [-0.4, -0.2) is 53.8 Å². The first kappa shape index (κ1) is 18.0. The largest absolute Gasteiger partial charge is 0.296 e. The number of rotatable bonds is 4. The molecular weight excluding hydrogens is 367 g/mol. The second kappa shape index (κ2) is 7.30. The van der Waals surface area contributed by atoms with E-state index in [0.29, 0.717) is 26.2 Å². The lowest BCUT2D eigenvalue weighted by Crippen LogP contribution is -2.48. The second-order valence-corrected chi connectivity index (χ2v) is 8.45. The highest BCUT2D eigenvalue weighted by atomic mass is 32.2. The monoisotopic (exact) mass is 386 g/mol. The van der Waals surface area contributed by atoms with Crippen LogP contribution in [0, 0.1) is 5.82 Å². The molecule has 1 aliphatic heterocycles. The minimum absolute atomic E-state index is 0.130. The number of halogens is 1. The molecular formula is C19H19FN4O2S. The highest BCUT2D eigenvalue weighted by molar-refractivity contribution is 7.89. The van der Waals surface area contributed by atoms with Gasteiger partial charge >= 0.3 is 0 Å². The second-order valence-electron chi connectivity index (χ2n) is 6.51. The van der Waals surface area contributed by atoms with Gasteiger partial charge in [-0.05, 0) is 42.0 Å². The summed E-state index contributed by atoms with van der Waals surface area (Å²) in [6, 6.07) is 11.0. The van der Waals surface area contributed by atoms with Gasteiger partial charge in [-0.25, -0.2) is 12.8 Å². The van der Waals surface area contributed by atoms with E-state index in [4.69, 9.17) is 0 Å². The lowest BCUT2D eigenvalue weighted by atomic mass is 10.1. The summed E-state index contributed by atoms with van der Waals surface area (Å²) in [4.78, 5) is 10.9. The van der Waals surface area contributed by atoms with Gasteiger partial charge in [-0.3, -0.25) is 14.9 Å². The van der Waals surface area contributed by atoms with Crippen LogP contribution >= 0.6 is 0 Å². The van der Waals surface area contributed by atoms with E-state index in [0.717, 1.165) is 23.1 Å². The quantitative estimate of drug-likeness (QED) is 0.688. The maximum Gasteiger partial charge on any atom is 0.243 e. The van der Waals surface area contributed by atoms with Crippen molar-refractivity contribution in [1.29, 1.82) is 0 Å². The molecule has 0 spiro atoms. The Morgan fingerprint density at radius 1 is 0.889 bits per heavy atom. The fourth-order valence-corrected chi connectivity index (χ4v) is 4.67. The molecule has 8 heteroatoms. The Morgan fingerprint density at radius 2 is 1.56 bits per heavy atom. The van der Waals surface area contributed by atoms with Crippen LogP contribution in [0.2, 0.25) is 0 Å². The molecule has 4 rings (SSSR count). The average Bonchev–Trinajstić information content (AvgIpc) is 2.69. The maximum absolute atomic E-state index is 13.0. The minimum atomic E-state index is -3.58. The van der Waals surface area contributed by atoms with Crippen LogP contribution in [-0.2, 0) is 16.6 Å². The van der Waals surface area contributed by atoms with Crippen LogP contribution in [0.25, 0.3) is 11.0 Å². The van der Waals surface area contributed by atoms with Gasteiger partial charge in [0.1, 0.15) is 5.82 Å². The summed E-state index contributed by atoms with van der Waals surface area (Å²) in [5, 5.41) is 0. The van der Waals surface area contributed by atoms with Gasteiger partial charge in [-0.2, -0.15) is 4.31 Å². The maximum atomic E-state index is 13.0. The van der Waals surface area contributed by atoms with Crippen molar-refractivity contribution in [3.63, 3.8) is 0 Å². The van der Waals surface area contributed by atoms with Crippen molar-refractivity contribution in [2.45, 2.75) is 11.4 Å². The molecule has 2 heterocycles. The summed E-state index contributed by atoms with van der Waals surface area (Å²) in [6.07, 6.45) is 3.34. The molecule has 27 heavy (non-hydrogen) atoms. The van der Waals surface area contributed by atoms with E-state index in [9.17, 15) is 12.8 Å². The Bertz CT molecular complexity index is 1050. The first-order valence-corrected chi connectivity index (χ1v) is 10.1. The number of piperazine rings is 1. The number of nitrogens with zero attached hydrogens (tertiary/aromatic N) is 4. The zero-order chi connectivity index (χ0) is 18.9. The van der Waals surface area contributed by atoms with Gasteiger partial charge in [-0.1, -0.05) is 6.07 Å². The molecule has 6 nitrogen and oxygen atoms in total. The number of benzene rings is 2. The molecule has 0 bridgehead atoms. The van der Waals surface area contributed by atoms with Crippen molar-refractivity contribution in [3.05, 3.63) is 66.2 Å². The van der Waals surface area contributed by atoms with E-state index in [2.05, 4.69) is 14.9 Å². The molecule has 0 unspecified atom stereocenters. The van der Waals surface area contributed by atoms with E-state index in [1.54, 1.807) is 12.4 Å².